The number of nitrogens with one attached hydrogen (secondary N) is 1. The Balaban J connectivity index is 2.77. The number of ether oxygens (including phenoxy) is 1. The minimum Gasteiger partial charge on any atom is -0.465 e. The molecule has 0 aliphatic carbocycles. The van der Waals surface area contributed by atoms with Crippen molar-refractivity contribution in [2.75, 3.05) is 6.61 Å². The van der Waals surface area contributed by atoms with Gasteiger partial charge in [-0.3, -0.25) is 4.79 Å². The summed E-state index contributed by atoms with van der Waals surface area (Å²) in [6.45, 7) is 3.66. The second-order valence-electron chi connectivity index (χ2n) is 4.25. The number of alkyl halides is 3. The molecule has 0 aliphatic rings. The Morgan fingerprint density at radius 2 is 1.95 bits per heavy atom. The third-order valence-corrected chi connectivity index (χ3v) is 2.84. The smallest absolute Gasteiger partial charge is 0.416 e. The Morgan fingerprint density at radius 1 is 1.30 bits per heavy atom. The average molecular weight is 289 g/mol. The standard InChI is InChI=1S/C14H18F3NO2/c1-3-12(13(19)20-4-2)18-9-10-7-5-6-8-11(10)14(15,16)17/h5-8,12,18H,3-4,9H2,1-2H3. The summed E-state index contributed by atoms with van der Waals surface area (Å²) in [4.78, 5) is 11.6. The second kappa shape index (κ2) is 7.28. The van der Waals surface area contributed by atoms with Crippen molar-refractivity contribution < 1.29 is 22.7 Å². The quantitative estimate of drug-likeness (QED) is 0.818. The first-order chi connectivity index (χ1) is 9.40. The maximum atomic E-state index is 12.8. The van der Waals surface area contributed by atoms with E-state index in [0.717, 1.165) is 6.07 Å². The van der Waals surface area contributed by atoms with Gasteiger partial charge in [0, 0.05) is 6.54 Å². The fourth-order valence-electron chi connectivity index (χ4n) is 1.82. The lowest BCUT2D eigenvalue weighted by Gasteiger charge is -2.17. The number of hydrogen-bond acceptors (Lipinski definition) is 3. The van der Waals surface area contributed by atoms with Gasteiger partial charge in [0.05, 0.1) is 12.2 Å². The van der Waals surface area contributed by atoms with Crippen LogP contribution in [0.4, 0.5) is 13.2 Å². The van der Waals surface area contributed by atoms with Crippen LogP contribution >= 0.6 is 0 Å². The number of carbonyl (C=O) groups is 1. The summed E-state index contributed by atoms with van der Waals surface area (Å²) >= 11 is 0. The topological polar surface area (TPSA) is 38.3 Å². The van der Waals surface area contributed by atoms with Crippen molar-refractivity contribution in [3.8, 4) is 0 Å². The maximum Gasteiger partial charge on any atom is 0.416 e. The lowest BCUT2D eigenvalue weighted by atomic mass is 10.1. The summed E-state index contributed by atoms with van der Waals surface area (Å²) in [5.41, 5.74) is -0.575. The van der Waals surface area contributed by atoms with Crippen LogP contribution in [0, 0.1) is 0 Å². The average Bonchev–Trinajstić information content (AvgIpc) is 2.39. The molecule has 0 radical (unpaired) electrons. The number of halogens is 3. The SMILES string of the molecule is CCOC(=O)C(CC)NCc1ccccc1C(F)(F)F. The molecule has 0 bridgehead atoms. The summed E-state index contributed by atoms with van der Waals surface area (Å²) in [5.74, 6) is -0.445. The van der Waals surface area contributed by atoms with Crippen molar-refractivity contribution in [1.29, 1.82) is 0 Å². The van der Waals surface area contributed by atoms with Gasteiger partial charge < -0.3 is 10.1 Å². The molecule has 0 amide bonds. The molecule has 112 valence electrons. The van der Waals surface area contributed by atoms with Crippen molar-refractivity contribution in [2.24, 2.45) is 0 Å². The number of rotatable bonds is 6. The molecular formula is C14H18F3NO2. The van der Waals surface area contributed by atoms with Crippen molar-refractivity contribution in [2.45, 2.75) is 39.0 Å². The van der Waals surface area contributed by atoms with Gasteiger partial charge in [0.25, 0.3) is 0 Å². The number of esters is 1. The number of hydrogen-bond donors (Lipinski definition) is 1. The van der Waals surface area contributed by atoms with E-state index in [2.05, 4.69) is 5.32 Å². The minimum atomic E-state index is -4.40. The molecule has 0 heterocycles. The molecule has 1 N–H and O–H groups in total. The zero-order chi connectivity index (χ0) is 15.2. The molecular weight excluding hydrogens is 271 g/mol. The number of carbonyl (C=O) groups excluding carboxylic acids is 1. The van der Waals surface area contributed by atoms with Gasteiger partial charge in [0.15, 0.2) is 0 Å². The highest BCUT2D eigenvalue weighted by Crippen LogP contribution is 2.31. The van der Waals surface area contributed by atoms with Gasteiger partial charge in [0.2, 0.25) is 0 Å². The van der Waals surface area contributed by atoms with Crippen LogP contribution in [0.2, 0.25) is 0 Å². The summed E-state index contributed by atoms with van der Waals surface area (Å²) in [5, 5.41) is 2.81. The van der Waals surface area contributed by atoms with E-state index in [4.69, 9.17) is 4.74 Å². The van der Waals surface area contributed by atoms with Crippen molar-refractivity contribution in [1.82, 2.24) is 5.32 Å². The second-order valence-corrected chi connectivity index (χ2v) is 4.25. The van der Waals surface area contributed by atoms with E-state index in [1.54, 1.807) is 13.8 Å². The van der Waals surface area contributed by atoms with Gasteiger partial charge >= 0.3 is 12.1 Å². The molecule has 1 unspecified atom stereocenters. The largest absolute Gasteiger partial charge is 0.465 e. The molecule has 0 saturated carbocycles. The van der Waals surface area contributed by atoms with Crippen LogP contribution in [-0.2, 0) is 22.3 Å². The minimum absolute atomic E-state index is 0.0347. The lowest BCUT2D eigenvalue weighted by molar-refractivity contribution is -0.145. The first-order valence-electron chi connectivity index (χ1n) is 6.45. The van der Waals surface area contributed by atoms with E-state index < -0.39 is 23.8 Å². The predicted molar refractivity (Wildman–Crippen MR) is 69.0 cm³/mol. The zero-order valence-corrected chi connectivity index (χ0v) is 11.5. The van der Waals surface area contributed by atoms with Crippen molar-refractivity contribution in [3.63, 3.8) is 0 Å². The van der Waals surface area contributed by atoms with Crippen LogP contribution in [0.25, 0.3) is 0 Å². The van der Waals surface area contributed by atoms with E-state index in [-0.39, 0.29) is 18.7 Å². The zero-order valence-electron chi connectivity index (χ0n) is 11.5. The van der Waals surface area contributed by atoms with Gasteiger partial charge in [-0.2, -0.15) is 13.2 Å². The first kappa shape index (κ1) is 16.5. The van der Waals surface area contributed by atoms with Crippen LogP contribution in [0.15, 0.2) is 24.3 Å². The van der Waals surface area contributed by atoms with Crippen LogP contribution in [0.3, 0.4) is 0 Å². The lowest BCUT2D eigenvalue weighted by Crippen LogP contribution is -2.37. The molecule has 1 rings (SSSR count). The monoisotopic (exact) mass is 289 g/mol. The molecule has 0 fully saturated rings. The van der Waals surface area contributed by atoms with Gasteiger partial charge in [-0.05, 0) is 25.0 Å². The van der Waals surface area contributed by atoms with Crippen molar-refractivity contribution in [3.05, 3.63) is 35.4 Å². The van der Waals surface area contributed by atoms with Gasteiger partial charge in [-0.25, -0.2) is 0 Å². The highest BCUT2D eigenvalue weighted by Gasteiger charge is 2.33. The Morgan fingerprint density at radius 3 is 2.50 bits per heavy atom. The molecule has 3 nitrogen and oxygen atoms in total. The van der Waals surface area contributed by atoms with Gasteiger partial charge in [-0.15, -0.1) is 0 Å². The normalized spacial score (nSPS) is 13.1. The Kier molecular flexibility index (Phi) is 6.01. The summed E-state index contributed by atoms with van der Waals surface area (Å²) in [6, 6.07) is 4.71. The van der Waals surface area contributed by atoms with Crippen molar-refractivity contribution >= 4 is 5.97 Å². The molecule has 20 heavy (non-hydrogen) atoms. The Hall–Kier alpha value is -1.56. The summed E-state index contributed by atoms with van der Waals surface area (Å²) < 4.78 is 43.3. The van der Waals surface area contributed by atoms with Gasteiger partial charge in [-0.1, -0.05) is 25.1 Å². The molecule has 0 aromatic heterocycles. The fraction of sp³-hybridized carbons (Fsp3) is 0.500. The Labute approximate surface area is 116 Å². The first-order valence-corrected chi connectivity index (χ1v) is 6.45. The molecule has 1 aromatic rings. The predicted octanol–water partition coefficient (Wildman–Crippen LogP) is 3.14. The molecule has 0 saturated heterocycles. The molecule has 0 aliphatic heterocycles. The van der Waals surface area contributed by atoms with Crippen LogP contribution < -0.4 is 5.32 Å². The summed E-state index contributed by atoms with van der Waals surface area (Å²) in [7, 11) is 0. The molecule has 1 atom stereocenters. The van der Waals surface area contributed by atoms with E-state index in [1.807, 2.05) is 0 Å². The Bertz CT molecular complexity index is 446. The highest BCUT2D eigenvalue weighted by atomic mass is 19.4. The third-order valence-electron chi connectivity index (χ3n) is 2.84. The molecule has 1 aromatic carbocycles. The van der Waals surface area contributed by atoms with E-state index in [1.165, 1.54) is 18.2 Å². The van der Waals surface area contributed by atoms with Crippen LogP contribution in [0.5, 0.6) is 0 Å². The fourth-order valence-corrected chi connectivity index (χ4v) is 1.82. The van der Waals surface area contributed by atoms with E-state index >= 15 is 0 Å². The van der Waals surface area contributed by atoms with Gasteiger partial charge in [0.1, 0.15) is 6.04 Å². The van der Waals surface area contributed by atoms with Crippen LogP contribution in [0.1, 0.15) is 31.4 Å². The summed E-state index contributed by atoms with van der Waals surface area (Å²) in [6.07, 6.45) is -3.95. The molecule has 6 heteroatoms. The highest BCUT2D eigenvalue weighted by molar-refractivity contribution is 5.75. The molecule has 0 spiro atoms. The van der Waals surface area contributed by atoms with E-state index in [9.17, 15) is 18.0 Å². The maximum absolute atomic E-state index is 12.8. The van der Waals surface area contributed by atoms with Crippen LogP contribution in [-0.4, -0.2) is 18.6 Å². The third kappa shape index (κ3) is 4.52. The van der Waals surface area contributed by atoms with E-state index in [0.29, 0.717) is 6.42 Å². The number of benzene rings is 1.